The summed E-state index contributed by atoms with van der Waals surface area (Å²) in [5, 5.41) is 3.18. The predicted molar refractivity (Wildman–Crippen MR) is 162 cm³/mol. The van der Waals surface area contributed by atoms with Crippen molar-refractivity contribution in [1.82, 2.24) is 10.2 Å². The van der Waals surface area contributed by atoms with Gasteiger partial charge in [-0.2, -0.15) is 0 Å². The number of carbonyl (C=O) groups excluding carboxylic acids is 2. The Morgan fingerprint density at radius 2 is 1.39 bits per heavy atom. The van der Waals surface area contributed by atoms with Gasteiger partial charge in [-0.1, -0.05) is 96.5 Å². The van der Waals surface area contributed by atoms with Crippen molar-refractivity contribution in [2.45, 2.75) is 30.8 Å². The largest absolute Gasteiger partial charge is 0.355 e. The first kappa shape index (κ1) is 29.8. The third-order valence-electron chi connectivity index (χ3n) is 6.52. The average Bonchev–Trinajstić information content (AvgIpc) is 2.99. The number of nitrogens with zero attached hydrogens (tertiary/aromatic N) is 2. The molecule has 41 heavy (non-hydrogen) atoms. The van der Waals surface area contributed by atoms with Crippen LogP contribution >= 0.6 is 11.6 Å². The van der Waals surface area contributed by atoms with Crippen LogP contribution in [0.2, 0.25) is 5.02 Å². The quantitative estimate of drug-likeness (QED) is 0.243. The van der Waals surface area contributed by atoms with Crippen LogP contribution in [0.5, 0.6) is 0 Å². The number of anilines is 1. The van der Waals surface area contributed by atoms with Crippen molar-refractivity contribution in [2.24, 2.45) is 0 Å². The second-order valence-electron chi connectivity index (χ2n) is 9.41. The maximum atomic E-state index is 14.2. The molecular weight excluding hydrogens is 558 g/mol. The number of sulfonamides is 1. The third kappa shape index (κ3) is 7.74. The number of hydrogen-bond donors (Lipinski definition) is 1. The van der Waals surface area contributed by atoms with E-state index >= 15 is 0 Å². The van der Waals surface area contributed by atoms with Crippen molar-refractivity contribution in [3.05, 3.63) is 131 Å². The lowest BCUT2D eigenvalue weighted by Gasteiger charge is -2.33. The molecule has 0 radical (unpaired) electrons. The van der Waals surface area contributed by atoms with E-state index in [1.165, 1.54) is 23.1 Å². The molecule has 4 aromatic carbocycles. The Kier molecular flexibility index (Phi) is 10.2. The van der Waals surface area contributed by atoms with Crippen molar-refractivity contribution in [2.75, 3.05) is 17.4 Å². The normalized spacial score (nSPS) is 11.9. The number of hydrogen-bond acceptors (Lipinski definition) is 4. The molecule has 0 saturated carbocycles. The first-order valence-electron chi connectivity index (χ1n) is 13.3. The minimum atomic E-state index is -4.16. The minimum Gasteiger partial charge on any atom is -0.355 e. The van der Waals surface area contributed by atoms with E-state index < -0.39 is 28.5 Å². The fourth-order valence-electron chi connectivity index (χ4n) is 4.51. The Morgan fingerprint density at radius 3 is 1.98 bits per heavy atom. The number of likely N-dealkylation sites (N-methyl/N-ethyl adjacent to an activating group) is 1. The molecule has 1 atom stereocenters. The van der Waals surface area contributed by atoms with Gasteiger partial charge in [0.05, 0.1) is 10.6 Å². The van der Waals surface area contributed by atoms with Gasteiger partial charge in [-0.05, 0) is 48.4 Å². The second-order valence-corrected chi connectivity index (χ2v) is 11.7. The summed E-state index contributed by atoms with van der Waals surface area (Å²) < 4.78 is 28.8. The molecule has 0 aromatic heterocycles. The first-order chi connectivity index (χ1) is 19.8. The van der Waals surface area contributed by atoms with Gasteiger partial charge >= 0.3 is 0 Å². The molecule has 4 rings (SSSR count). The SMILES string of the molecule is CCNC(=O)[C@H](Cc1ccccc1)N(Cc1ccccc1)C(=O)CN(c1cccc(Cl)c1)S(=O)(=O)c1ccccc1. The van der Waals surface area contributed by atoms with E-state index in [2.05, 4.69) is 5.32 Å². The van der Waals surface area contributed by atoms with Gasteiger partial charge < -0.3 is 10.2 Å². The van der Waals surface area contributed by atoms with E-state index in [1.807, 2.05) is 67.6 Å². The highest BCUT2D eigenvalue weighted by Crippen LogP contribution is 2.27. The smallest absolute Gasteiger partial charge is 0.264 e. The van der Waals surface area contributed by atoms with Crippen LogP contribution in [-0.2, 0) is 32.6 Å². The Balaban J connectivity index is 1.78. The molecule has 9 heteroatoms. The highest BCUT2D eigenvalue weighted by molar-refractivity contribution is 7.92. The van der Waals surface area contributed by atoms with Crippen LogP contribution in [0.4, 0.5) is 5.69 Å². The average molecular weight is 590 g/mol. The van der Waals surface area contributed by atoms with E-state index in [4.69, 9.17) is 11.6 Å². The number of benzene rings is 4. The molecule has 0 spiro atoms. The molecule has 0 heterocycles. The van der Waals surface area contributed by atoms with E-state index in [0.29, 0.717) is 11.6 Å². The summed E-state index contributed by atoms with van der Waals surface area (Å²) in [5.41, 5.74) is 1.92. The monoisotopic (exact) mass is 589 g/mol. The zero-order valence-corrected chi connectivity index (χ0v) is 24.3. The molecule has 0 aliphatic carbocycles. The van der Waals surface area contributed by atoms with Gasteiger partial charge in [-0.15, -0.1) is 0 Å². The lowest BCUT2D eigenvalue weighted by molar-refractivity contribution is -0.140. The Morgan fingerprint density at radius 1 is 0.805 bits per heavy atom. The first-order valence-corrected chi connectivity index (χ1v) is 15.1. The molecule has 0 fully saturated rings. The molecular formula is C32H32ClN3O4S. The van der Waals surface area contributed by atoms with Crippen LogP contribution < -0.4 is 9.62 Å². The van der Waals surface area contributed by atoms with Crippen LogP contribution in [0.3, 0.4) is 0 Å². The topological polar surface area (TPSA) is 86.8 Å². The molecule has 0 saturated heterocycles. The fourth-order valence-corrected chi connectivity index (χ4v) is 6.12. The Hall–Kier alpha value is -4.14. The van der Waals surface area contributed by atoms with Gasteiger partial charge in [0.15, 0.2) is 0 Å². The van der Waals surface area contributed by atoms with Crippen LogP contribution in [0.15, 0.2) is 120 Å². The van der Waals surface area contributed by atoms with Gasteiger partial charge in [0.2, 0.25) is 11.8 Å². The van der Waals surface area contributed by atoms with E-state index in [0.717, 1.165) is 15.4 Å². The summed E-state index contributed by atoms with van der Waals surface area (Å²) in [4.78, 5) is 29.2. The van der Waals surface area contributed by atoms with Gasteiger partial charge in [0, 0.05) is 24.5 Å². The number of halogens is 1. The summed E-state index contributed by atoms with van der Waals surface area (Å²) in [7, 11) is -4.16. The molecule has 0 bridgehead atoms. The molecule has 212 valence electrons. The van der Waals surface area contributed by atoms with Crippen LogP contribution in [-0.4, -0.2) is 44.3 Å². The van der Waals surface area contributed by atoms with Crippen molar-refractivity contribution in [1.29, 1.82) is 0 Å². The summed E-state index contributed by atoms with van der Waals surface area (Å²) in [6, 6.07) is 32.1. The van der Waals surface area contributed by atoms with Gasteiger partial charge in [-0.3, -0.25) is 13.9 Å². The Bertz CT molecular complexity index is 1550. The highest BCUT2D eigenvalue weighted by Gasteiger charge is 2.34. The summed E-state index contributed by atoms with van der Waals surface area (Å²) in [6.07, 6.45) is 0.258. The van der Waals surface area contributed by atoms with Crippen molar-refractivity contribution in [3.63, 3.8) is 0 Å². The lowest BCUT2D eigenvalue weighted by Crippen LogP contribution is -2.53. The molecule has 0 aliphatic rings. The van der Waals surface area contributed by atoms with Crippen molar-refractivity contribution < 1.29 is 18.0 Å². The summed E-state index contributed by atoms with van der Waals surface area (Å²) in [6.45, 7) is 1.78. The molecule has 4 aromatic rings. The zero-order valence-electron chi connectivity index (χ0n) is 22.7. The minimum absolute atomic E-state index is 0.0342. The second kappa shape index (κ2) is 14.0. The standard InChI is InChI=1S/C32H32ClN3O4S/c1-2-34-32(38)30(21-25-13-6-3-7-14-25)35(23-26-15-8-4-9-16-26)31(37)24-36(28-18-12-17-27(33)22-28)41(39,40)29-19-10-5-11-20-29/h3-20,22,30H,2,21,23-24H2,1H3,(H,34,38)/t30-/m0/s1. The molecule has 0 aliphatic heterocycles. The number of nitrogens with one attached hydrogen (secondary N) is 1. The van der Waals surface area contributed by atoms with E-state index in [-0.39, 0.29) is 29.5 Å². The lowest BCUT2D eigenvalue weighted by atomic mass is 10.0. The molecule has 2 amide bonds. The van der Waals surface area contributed by atoms with Crippen molar-refractivity contribution in [3.8, 4) is 0 Å². The third-order valence-corrected chi connectivity index (χ3v) is 8.55. The zero-order chi connectivity index (χ0) is 29.2. The summed E-state index contributed by atoms with van der Waals surface area (Å²) >= 11 is 6.24. The van der Waals surface area contributed by atoms with Gasteiger partial charge in [0.25, 0.3) is 10.0 Å². The van der Waals surface area contributed by atoms with Crippen LogP contribution in [0.25, 0.3) is 0 Å². The summed E-state index contributed by atoms with van der Waals surface area (Å²) in [5.74, 6) is -0.846. The van der Waals surface area contributed by atoms with Gasteiger partial charge in [-0.25, -0.2) is 8.42 Å². The Labute approximate surface area is 246 Å². The van der Waals surface area contributed by atoms with Gasteiger partial charge in [0.1, 0.15) is 12.6 Å². The molecule has 7 nitrogen and oxygen atoms in total. The number of carbonyl (C=O) groups is 2. The van der Waals surface area contributed by atoms with Crippen LogP contribution in [0.1, 0.15) is 18.1 Å². The van der Waals surface area contributed by atoms with Crippen LogP contribution in [0, 0.1) is 0 Å². The van der Waals surface area contributed by atoms with Crippen molar-refractivity contribution >= 4 is 39.1 Å². The maximum Gasteiger partial charge on any atom is 0.264 e. The maximum absolute atomic E-state index is 14.2. The van der Waals surface area contributed by atoms with E-state index in [1.54, 1.807) is 36.4 Å². The number of amides is 2. The predicted octanol–water partition coefficient (Wildman–Crippen LogP) is 5.31. The molecule has 0 unspecified atom stereocenters. The molecule has 1 N–H and O–H groups in total. The fraction of sp³-hybridized carbons (Fsp3) is 0.188. The number of rotatable bonds is 12. The highest BCUT2D eigenvalue weighted by atomic mass is 35.5. The van der Waals surface area contributed by atoms with E-state index in [9.17, 15) is 18.0 Å².